The normalized spacial score (nSPS) is 15.0. The van der Waals surface area contributed by atoms with Gasteiger partial charge in [0.1, 0.15) is 23.4 Å². The highest BCUT2D eigenvalue weighted by Crippen LogP contribution is 2.27. The van der Waals surface area contributed by atoms with Gasteiger partial charge in [-0.2, -0.15) is 0 Å². The molecule has 2 heterocycles. The second kappa shape index (κ2) is 11.8. The van der Waals surface area contributed by atoms with Crippen LogP contribution in [0.4, 0.5) is 15.8 Å². The summed E-state index contributed by atoms with van der Waals surface area (Å²) in [4.78, 5) is 31.4. The summed E-state index contributed by atoms with van der Waals surface area (Å²) in [7, 11) is 0. The first-order valence-corrected chi connectivity index (χ1v) is 13.5. The highest BCUT2D eigenvalue weighted by Gasteiger charge is 2.41. The number of nitrogens with one attached hydrogen (secondary N) is 1. The molecule has 0 radical (unpaired) electrons. The highest BCUT2D eigenvalue weighted by atomic mass is 19.1. The zero-order valence-electron chi connectivity index (χ0n) is 22.7. The van der Waals surface area contributed by atoms with Crippen LogP contribution in [0.1, 0.15) is 25.8 Å². The van der Waals surface area contributed by atoms with Crippen molar-refractivity contribution in [3.63, 3.8) is 0 Å². The second-order valence-corrected chi connectivity index (χ2v) is 10.0. The van der Waals surface area contributed by atoms with Crippen molar-refractivity contribution in [1.82, 2.24) is 19.9 Å². The number of ether oxygens (including phenoxy) is 1. The Morgan fingerprint density at radius 2 is 1.73 bits per heavy atom. The maximum absolute atomic E-state index is 14.8. The zero-order chi connectivity index (χ0) is 28.1. The number of carbonyl (C=O) groups is 2. The highest BCUT2D eigenvalue weighted by molar-refractivity contribution is 6.00. The van der Waals surface area contributed by atoms with Gasteiger partial charge in [0, 0.05) is 36.6 Å². The zero-order valence-corrected chi connectivity index (χ0v) is 22.7. The second-order valence-electron chi connectivity index (χ2n) is 10.0. The molecular weight excluding hydrogens is 511 g/mol. The topological polar surface area (TPSA) is 92.6 Å². The van der Waals surface area contributed by atoms with E-state index in [4.69, 9.17) is 4.74 Å². The van der Waals surface area contributed by atoms with Crippen molar-refractivity contribution >= 4 is 34.2 Å². The van der Waals surface area contributed by atoms with E-state index in [9.17, 15) is 14.0 Å². The molecule has 1 N–H and O–H groups in total. The van der Waals surface area contributed by atoms with Gasteiger partial charge in [-0.1, -0.05) is 42.5 Å². The van der Waals surface area contributed by atoms with E-state index in [1.54, 1.807) is 25.1 Å². The fraction of sp³-hybridized carbons (Fsp3) is 0.333. The molecule has 208 valence electrons. The Labute approximate surface area is 232 Å². The smallest absolute Gasteiger partial charge is 0.250 e. The quantitative estimate of drug-likeness (QED) is 0.339. The fourth-order valence-electron chi connectivity index (χ4n) is 4.90. The summed E-state index contributed by atoms with van der Waals surface area (Å²) in [6.07, 6.45) is 0.309. The van der Waals surface area contributed by atoms with E-state index < -0.39 is 11.4 Å². The van der Waals surface area contributed by atoms with Gasteiger partial charge in [-0.25, -0.2) is 9.07 Å². The standard InChI is InChI=1S/C30H33FN6O3/c1-3-30(2,29(39)32-23-12-14-24(15-13-23)35-16-18-40-19-17-35)36(20-22-8-4-5-9-25(22)31)28(38)21-37-27-11-7-6-10-26(27)33-34-37/h4-15H,3,16-21H2,1-2H3,(H,32,39)/t30-/m0/s1. The summed E-state index contributed by atoms with van der Waals surface area (Å²) in [5.74, 6) is -1.17. The number of anilines is 2. The molecule has 1 aromatic heterocycles. The lowest BCUT2D eigenvalue weighted by molar-refractivity contribution is -0.146. The molecule has 1 fully saturated rings. The van der Waals surface area contributed by atoms with Gasteiger partial charge < -0.3 is 19.9 Å². The van der Waals surface area contributed by atoms with E-state index in [1.807, 2.05) is 55.5 Å². The molecule has 3 aromatic carbocycles. The predicted octanol–water partition coefficient (Wildman–Crippen LogP) is 4.24. The number of aromatic nitrogens is 3. The third-order valence-electron chi connectivity index (χ3n) is 7.57. The predicted molar refractivity (Wildman–Crippen MR) is 151 cm³/mol. The van der Waals surface area contributed by atoms with Gasteiger partial charge in [-0.15, -0.1) is 5.10 Å². The molecule has 1 saturated heterocycles. The average molecular weight is 545 g/mol. The number of amides is 2. The van der Waals surface area contributed by atoms with Crippen molar-refractivity contribution in [3.05, 3.63) is 84.2 Å². The van der Waals surface area contributed by atoms with Gasteiger partial charge >= 0.3 is 0 Å². The Bertz CT molecular complexity index is 1480. The summed E-state index contributed by atoms with van der Waals surface area (Å²) >= 11 is 0. The molecule has 0 spiro atoms. The van der Waals surface area contributed by atoms with Crippen LogP contribution >= 0.6 is 0 Å². The number of halogens is 1. The number of carbonyl (C=O) groups excluding carboxylic acids is 2. The van der Waals surface area contributed by atoms with Crippen molar-refractivity contribution in [2.45, 2.75) is 38.9 Å². The molecule has 40 heavy (non-hydrogen) atoms. The lowest BCUT2D eigenvalue weighted by Gasteiger charge is -2.39. The van der Waals surface area contributed by atoms with E-state index in [-0.39, 0.29) is 24.9 Å². The van der Waals surface area contributed by atoms with Crippen LogP contribution in [0.2, 0.25) is 0 Å². The number of fused-ring (bicyclic) bond motifs is 1. The van der Waals surface area contributed by atoms with E-state index in [0.29, 0.717) is 41.9 Å². The molecule has 9 nitrogen and oxygen atoms in total. The van der Waals surface area contributed by atoms with Crippen molar-refractivity contribution in [2.75, 3.05) is 36.5 Å². The number of nitrogens with zero attached hydrogens (tertiary/aromatic N) is 5. The molecule has 10 heteroatoms. The number of morpholine rings is 1. The molecule has 0 aliphatic carbocycles. The Balaban J connectivity index is 1.41. The number of benzene rings is 3. The molecule has 5 rings (SSSR count). The number of hydrogen-bond donors (Lipinski definition) is 1. The molecule has 0 bridgehead atoms. The van der Waals surface area contributed by atoms with Crippen molar-refractivity contribution < 1.29 is 18.7 Å². The van der Waals surface area contributed by atoms with Crippen LogP contribution in [-0.2, 0) is 27.4 Å². The van der Waals surface area contributed by atoms with Crippen molar-refractivity contribution in [3.8, 4) is 0 Å². The maximum Gasteiger partial charge on any atom is 0.250 e. The van der Waals surface area contributed by atoms with E-state index in [2.05, 4.69) is 20.5 Å². The Morgan fingerprint density at radius 3 is 2.45 bits per heavy atom. The monoisotopic (exact) mass is 544 g/mol. The third-order valence-corrected chi connectivity index (χ3v) is 7.57. The molecule has 2 amide bonds. The number of hydrogen-bond acceptors (Lipinski definition) is 6. The minimum Gasteiger partial charge on any atom is -0.378 e. The van der Waals surface area contributed by atoms with Crippen LogP contribution in [0.15, 0.2) is 72.8 Å². The average Bonchev–Trinajstić information content (AvgIpc) is 3.39. The summed E-state index contributed by atoms with van der Waals surface area (Å²) in [6.45, 7) is 6.32. The van der Waals surface area contributed by atoms with Gasteiger partial charge in [-0.3, -0.25) is 9.59 Å². The van der Waals surface area contributed by atoms with Crippen molar-refractivity contribution in [1.29, 1.82) is 0 Å². The van der Waals surface area contributed by atoms with Crippen LogP contribution in [-0.4, -0.2) is 63.6 Å². The maximum atomic E-state index is 14.8. The summed E-state index contributed by atoms with van der Waals surface area (Å²) in [5, 5.41) is 11.3. The Kier molecular flexibility index (Phi) is 8.06. The first kappa shape index (κ1) is 27.3. The minimum atomic E-state index is -1.28. The van der Waals surface area contributed by atoms with E-state index in [1.165, 1.54) is 15.6 Å². The van der Waals surface area contributed by atoms with Gasteiger partial charge in [0.15, 0.2) is 0 Å². The number of para-hydroxylation sites is 1. The third kappa shape index (κ3) is 5.67. The van der Waals surface area contributed by atoms with Crippen LogP contribution in [0.25, 0.3) is 11.0 Å². The molecule has 0 saturated carbocycles. The van der Waals surface area contributed by atoms with Crippen LogP contribution in [0.5, 0.6) is 0 Å². The molecule has 1 atom stereocenters. The first-order valence-electron chi connectivity index (χ1n) is 13.5. The van der Waals surface area contributed by atoms with E-state index >= 15 is 0 Å². The SMILES string of the molecule is CC[C@@](C)(C(=O)Nc1ccc(N2CCOCC2)cc1)N(Cc1ccccc1F)C(=O)Cn1nnc2ccccc21. The summed E-state index contributed by atoms with van der Waals surface area (Å²) < 4.78 is 21.7. The van der Waals surface area contributed by atoms with Crippen LogP contribution in [0.3, 0.4) is 0 Å². The Morgan fingerprint density at radius 1 is 1.02 bits per heavy atom. The molecule has 4 aromatic rings. The molecule has 1 aliphatic rings. The van der Waals surface area contributed by atoms with Gasteiger partial charge in [-0.05, 0) is 55.8 Å². The first-order chi connectivity index (χ1) is 19.4. The van der Waals surface area contributed by atoms with Gasteiger partial charge in [0.05, 0.1) is 18.7 Å². The molecular formula is C30H33FN6O3. The number of rotatable bonds is 9. The van der Waals surface area contributed by atoms with Gasteiger partial charge in [0.25, 0.3) is 0 Å². The lowest BCUT2D eigenvalue weighted by atomic mass is 9.93. The minimum absolute atomic E-state index is 0.0775. The van der Waals surface area contributed by atoms with Crippen LogP contribution < -0.4 is 10.2 Å². The van der Waals surface area contributed by atoms with Gasteiger partial charge in [0.2, 0.25) is 11.8 Å². The largest absolute Gasteiger partial charge is 0.378 e. The fourth-order valence-corrected chi connectivity index (χ4v) is 4.90. The van der Waals surface area contributed by atoms with Crippen molar-refractivity contribution in [2.24, 2.45) is 0 Å². The van der Waals surface area contributed by atoms with E-state index in [0.717, 1.165) is 18.8 Å². The summed E-state index contributed by atoms with van der Waals surface area (Å²) in [6, 6.07) is 21.2. The summed E-state index contributed by atoms with van der Waals surface area (Å²) in [5.41, 5.74) is 2.07. The molecule has 0 unspecified atom stereocenters. The Hall–Kier alpha value is -4.31. The van der Waals surface area contributed by atoms with Crippen LogP contribution in [0, 0.1) is 5.82 Å². The molecule has 1 aliphatic heterocycles. The lowest BCUT2D eigenvalue weighted by Crippen LogP contribution is -2.57.